The topological polar surface area (TPSA) is 82.9 Å². The fraction of sp³-hybridized carbons (Fsp3) is 0.538. The monoisotopic (exact) mass is 474 g/mol. The van der Waals surface area contributed by atoms with Gasteiger partial charge >= 0.3 is 0 Å². The van der Waals surface area contributed by atoms with Crippen LogP contribution in [0.15, 0.2) is 56.8 Å². The van der Waals surface area contributed by atoms with E-state index in [9.17, 15) is 9.59 Å². The summed E-state index contributed by atoms with van der Waals surface area (Å²) in [5.74, 6) is -0.491. The molecular weight excluding hydrogens is 432 g/mol. The van der Waals surface area contributed by atoms with Gasteiger partial charge in [-0.1, -0.05) is 34.4 Å². The lowest BCUT2D eigenvalue weighted by Crippen LogP contribution is -2.33. The Labute approximate surface area is 204 Å². The molecule has 0 aromatic rings. The molecule has 2 atom stereocenters. The van der Waals surface area contributed by atoms with Gasteiger partial charge in [-0.15, -0.1) is 11.8 Å². The zero-order valence-corrected chi connectivity index (χ0v) is 22.4. The number of carbonyl (C=O) groups excluding carboxylic acids is 2. The third-order valence-electron chi connectivity index (χ3n) is 4.55. The van der Waals surface area contributed by atoms with Crippen molar-refractivity contribution in [2.75, 3.05) is 0 Å². The summed E-state index contributed by atoms with van der Waals surface area (Å²) in [6, 6.07) is 0. The molecule has 0 rings (SSSR count). The zero-order valence-electron chi connectivity index (χ0n) is 21.6. The maximum atomic E-state index is 12.2. The second-order valence-corrected chi connectivity index (χ2v) is 10.3. The number of hydrogen-bond acceptors (Lipinski definition) is 5. The van der Waals surface area contributed by atoms with Gasteiger partial charge in [-0.25, -0.2) is 10.9 Å². The predicted molar refractivity (Wildman–Crippen MR) is 145 cm³/mol. The molecule has 0 saturated carbocycles. The smallest absolute Gasteiger partial charge is 0.252 e. The van der Waals surface area contributed by atoms with Crippen LogP contribution in [-0.2, 0) is 9.59 Å². The van der Waals surface area contributed by atoms with E-state index in [4.69, 9.17) is 0 Å². The number of carbonyl (C=O) groups is 2. The highest BCUT2D eigenvalue weighted by molar-refractivity contribution is 8.01. The van der Waals surface area contributed by atoms with Crippen LogP contribution in [0, 0.1) is 0 Å². The molecule has 7 heteroatoms. The van der Waals surface area contributed by atoms with Crippen molar-refractivity contribution in [3.8, 4) is 0 Å². The van der Waals surface area contributed by atoms with E-state index in [2.05, 4.69) is 60.9 Å². The quantitative estimate of drug-likeness (QED) is 0.182. The highest BCUT2D eigenvalue weighted by atomic mass is 32.2. The molecule has 0 aliphatic heterocycles. The summed E-state index contributed by atoms with van der Waals surface area (Å²) in [5, 5.41) is 7.10. The minimum absolute atomic E-state index is 0.245. The van der Waals surface area contributed by atoms with Crippen molar-refractivity contribution in [1.29, 1.82) is 0 Å². The van der Waals surface area contributed by atoms with E-state index in [1.807, 2.05) is 26.0 Å². The summed E-state index contributed by atoms with van der Waals surface area (Å²) in [4.78, 5) is 24.4. The summed E-state index contributed by atoms with van der Waals surface area (Å²) in [7, 11) is 0. The minimum Gasteiger partial charge on any atom is -0.272 e. The van der Waals surface area contributed by atoms with Gasteiger partial charge in [-0.05, 0) is 93.2 Å². The molecule has 0 aromatic heterocycles. The second-order valence-electron chi connectivity index (χ2n) is 8.60. The molecule has 2 N–H and O–H groups in total. The van der Waals surface area contributed by atoms with Crippen LogP contribution in [0.25, 0.3) is 0 Å². The number of thioether (sulfide) groups is 1. The van der Waals surface area contributed by atoms with Crippen LogP contribution >= 0.6 is 11.8 Å². The lowest BCUT2D eigenvalue weighted by molar-refractivity contribution is -0.120. The van der Waals surface area contributed by atoms with E-state index < -0.39 is 10.5 Å². The largest absolute Gasteiger partial charge is 0.272 e. The molecule has 2 amide bonds. The predicted octanol–water partition coefficient (Wildman–Crippen LogP) is 6.09. The van der Waals surface area contributed by atoms with Gasteiger partial charge in [-0.3, -0.25) is 9.59 Å². The van der Waals surface area contributed by atoms with Gasteiger partial charge in [0.1, 0.15) is 0 Å². The van der Waals surface area contributed by atoms with Gasteiger partial charge in [0.2, 0.25) is 0 Å². The number of nitrogens with one attached hydrogen (secondary N) is 2. The van der Waals surface area contributed by atoms with Crippen molar-refractivity contribution in [2.24, 2.45) is 10.2 Å². The zero-order chi connectivity index (χ0) is 25.2. The van der Waals surface area contributed by atoms with E-state index >= 15 is 0 Å². The van der Waals surface area contributed by atoms with Crippen LogP contribution in [0.4, 0.5) is 0 Å². The summed E-state index contributed by atoms with van der Waals surface area (Å²) in [6.07, 6.45) is 15.3. The Bertz CT molecular complexity index is 733. The van der Waals surface area contributed by atoms with Crippen molar-refractivity contribution >= 4 is 36.0 Å². The second kappa shape index (κ2) is 18.1. The Balaban J connectivity index is 4.37. The summed E-state index contributed by atoms with van der Waals surface area (Å²) >= 11 is 1.26. The first-order valence-electron chi connectivity index (χ1n) is 11.4. The molecule has 0 aliphatic carbocycles. The summed E-state index contributed by atoms with van der Waals surface area (Å²) in [5.41, 5.74) is 10.0. The van der Waals surface area contributed by atoms with Crippen LogP contribution in [0.3, 0.4) is 0 Å². The Morgan fingerprint density at radius 1 is 0.727 bits per heavy atom. The Kier molecular flexibility index (Phi) is 16.7. The van der Waals surface area contributed by atoms with Crippen LogP contribution in [0.5, 0.6) is 0 Å². The molecule has 0 radical (unpaired) electrons. The van der Waals surface area contributed by atoms with Crippen molar-refractivity contribution in [3.05, 3.63) is 46.6 Å². The van der Waals surface area contributed by atoms with E-state index in [1.54, 1.807) is 26.3 Å². The van der Waals surface area contributed by atoms with Crippen LogP contribution < -0.4 is 10.9 Å². The van der Waals surface area contributed by atoms with Crippen molar-refractivity contribution in [1.82, 2.24) is 10.9 Å². The molecule has 184 valence electrons. The fourth-order valence-electron chi connectivity index (χ4n) is 2.49. The van der Waals surface area contributed by atoms with Crippen molar-refractivity contribution in [3.63, 3.8) is 0 Å². The highest BCUT2D eigenvalue weighted by Gasteiger charge is 2.21. The van der Waals surface area contributed by atoms with Gasteiger partial charge in [0, 0.05) is 12.4 Å². The summed E-state index contributed by atoms with van der Waals surface area (Å²) in [6.45, 7) is 15.9. The van der Waals surface area contributed by atoms with E-state index in [0.29, 0.717) is 0 Å². The number of hydrazone groups is 2. The molecule has 6 nitrogen and oxygen atoms in total. The fourth-order valence-corrected chi connectivity index (χ4v) is 3.45. The highest BCUT2D eigenvalue weighted by Crippen LogP contribution is 2.17. The molecule has 0 saturated heterocycles. The normalized spacial score (nSPS) is 14.2. The molecule has 0 aliphatic rings. The average Bonchev–Trinajstić information content (AvgIpc) is 2.73. The van der Waals surface area contributed by atoms with E-state index in [0.717, 1.165) is 25.7 Å². The van der Waals surface area contributed by atoms with Crippen molar-refractivity contribution < 1.29 is 9.59 Å². The van der Waals surface area contributed by atoms with Crippen LogP contribution in [0.2, 0.25) is 0 Å². The van der Waals surface area contributed by atoms with E-state index in [-0.39, 0.29) is 11.8 Å². The molecule has 0 spiro atoms. The van der Waals surface area contributed by atoms with Gasteiger partial charge < -0.3 is 0 Å². The van der Waals surface area contributed by atoms with Crippen molar-refractivity contribution in [2.45, 2.75) is 91.6 Å². The van der Waals surface area contributed by atoms with Gasteiger partial charge in [-0.2, -0.15) is 10.2 Å². The third kappa shape index (κ3) is 17.8. The van der Waals surface area contributed by atoms with E-state index in [1.165, 1.54) is 34.1 Å². The number of rotatable bonds is 14. The van der Waals surface area contributed by atoms with Gasteiger partial charge in [0.25, 0.3) is 11.8 Å². The molecule has 0 fully saturated rings. The Morgan fingerprint density at radius 3 is 1.42 bits per heavy atom. The first kappa shape index (κ1) is 30.6. The first-order valence-corrected chi connectivity index (χ1v) is 12.4. The number of nitrogens with zero attached hydrogens (tertiary/aromatic N) is 2. The third-order valence-corrected chi connectivity index (χ3v) is 5.79. The average molecular weight is 475 g/mol. The molecule has 0 aromatic carbocycles. The minimum atomic E-state index is -0.424. The first-order chi connectivity index (χ1) is 15.5. The molecule has 0 heterocycles. The lowest BCUT2D eigenvalue weighted by Gasteiger charge is -2.14. The Morgan fingerprint density at radius 2 is 1.09 bits per heavy atom. The standard InChI is InChI=1S/C26H42N4O2S/c1-19(2)11-9-13-21(5)15-17-27-29-25(31)23(7)33-24(8)26(32)30-28-18-16-22(6)14-10-12-20(3)4/h11-12,15-18,23-24H,9-10,13-14H2,1-8H3,(H,29,31)(H,30,32)/b21-15-,22-16?,27-17+,28-18+. The lowest BCUT2D eigenvalue weighted by atomic mass is 10.1. The summed E-state index contributed by atoms with van der Waals surface area (Å²) < 4.78 is 0. The number of amides is 2. The van der Waals surface area contributed by atoms with Gasteiger partial charge in [0.15, 0.2) is 0 Å². The molecule has 0 bridgehead atoms. The number of allylic oxidation sites excluding steroid dienone is 8. The van der Waals surface area contributed by atoms with Gasteiger partial charge in [0.05, 0.1) is 10.5 Å². The molecular formula is C26H42N4O2S. The van der Waals surface area contributed by atoms with Crippen LogP contribution in [0.1, 0.15) is 81.1 Å². The SMILES string of the molecule is CC(C)=CCCC(C)=C/C=N/NC(=O)C(C)SC(C)C(=O)N/N=C/C=C(/C)CCC=C(C)C. The number of hydrogen-bond donors (Lipinski definition) is 2. The molecule has 2 unspecified atom stereocenters. The van der Waals surface area contributed by atoms with Crippen LogP contribution in [-0.4, -0.2) is 34.7 Å². The maximum absolute atomic E-state index is 12.2. The maximum Gasteiger partial charge on any atom is 0.252 e. The molecule has 33 heavy (non-hydrogen) atoms. The Hall–Kier alpha value is -2.41.